The zero-order chi connectivity index (χ0) is 22.2. The molecule has 0 amide bonds. The molecule has 0 spiro atoms. The third-order valence-corrected chi connectivity index (χ3v) is 5.41. The molecule has 5 aromatic rings. The van der Waals surface area contributed by atoms with E-state index in [1.165, 1.54) is 11.1 Å². The Hall–Kier alpha value is -4.07. The maximum Gasteiger partial charge on any atom is 0.280 e. The van der Waals surface area contributed by atoms with Gasteiger partial charge in [0.2, 0.25) is 11.7 Å². The van der Waals surface area contributed by atoms with Crippen molar-refractivity contribution in [3.63, 3.8) is 0 Å². The Morgan fingerprint density at radius 1 is 0.781 bits per heavy atom. The molecule has 0 aliphatic rings. The number of aryl methyl sites for hydroxylation is 3. The van der Waals surface area contributed by atoms with Gasteiger partial charge in [-0.3, -0.25) is 0 Å². The van der Waals surface area contributed by atoms with E-state index in [0.29, 0.717) is 29.8 Å². The molecule has 0 unspecified atom stereocenters. The molecule has 32 heavy (non-hydrogen) atoms. The topological polar surface area (TPSA) is 95.7 Å². The number of nitrogens with zero attached hydrogens (tertiary/aromatic N) is 6. The second-order valence-electron chi connectivity index (χ2n) is 7.86. The SMILES string of the molecule is Cc1ccc(-c2noc(-c3nnn(Cc4nc(-c5ccc(C)cc5)oc4C)c3C)n2)cc1. The van der Waals surface area contributed by atoms with Crippen LogP contribution in [0, 0.1) is 27.7 Å². The van der Waals surface area contributed by atoms with Crippen LogP contribution < -0.4 is 0 Å². The second kappa shape index (κ2) is 7.88. The lowest BCUT2D eigenvalue weighted by atomic mass is 10.1. The zero-order valence-electron chi connectivity index (χ0n) is 18.3. The number of benzene rings is 2. The monoisotopic (exact) mass is 426 g/mol. The molecule has 0 saturated carbocycles. The van der Waals surface area contributed by atoms with Gasteiger partial charge in [0.15, 0.2) is 5.69 Å². The van der Waals surface area contributed by atoms with Crippen molar-refractivity contribution in [2.75, 3.05) is 0 Å². The molecule has 0 bridgehead atoms. The Labute approximate surface area is 184 Å². The van der Waals surface area contributed by atoms with Crippen molar-refractivity contribution in [3.8, 4) is 34.4 Å². The van der Waals surface area contributed by atoms with Gasteiger partial charge >= 0.3 is 0 Å². The molecule has 2 aromatic carbocycles. The molecule has 160 valence electrons. The van der Waals surface area contributed by atoms with E-state index in [1.807, 2.05) is 76.2 Å². The van der Waals surface area contributed by atoms with Crippen molar-refractivity contribution in [2.24, 2.45) is 0 Å². The van der Waals surface area contributed by atoms with Crippen molar-refractivity contribution in [2.45, 2.75) is 34.2 Å². The largest absolute Gasteiger partial charge is 0.441 e. The van der Waals surface area contributed by atoms with Crippen molar-refractivity contribution >= 4 is 0 Å². The van der Waals surface area contributed by atoms with E-state index < -0.39 is 0 Å². The maximum absolute atomic E-state index is 5.89. The van der Waals surface area contributed by atoms with Crippen LogP contribution in [0.25, 0.3) is 34.4 Å². The predicted molar refractivity (Wildman–Crippen MR) is 119 cm³/mol. The summed E-state index contributed by atoms with van der Waals surface area (Å²) < 4.78 is 13.1. The molecule has 8 nitrogen and oxygen atoms in total. The highest BCUT2D eigenvalue weighted by molar-refractivity contribution is 5.59. The summed E-state index contributed by atoms with van der Waals surface area (Å²) in [6.07, 6.45) is 0. The molecule has 0 saturated heterocycles. The van der Waals surface area contributed by atoms with Crippen LogP contribution in [0.1, 0.15) is 28.3 Å². The number of oxazole rings is 1. The van der Waals surface area contributed by atoms with Gasteiger partial charge in [-0.2, -0.15) is 4.98 Å². The summed E-state index contributed by atoms with van der Waals surface area (Å²) in [5, 5.41) is 12.6. The standard InChI is InChI=1S/C24H22N6O2/c1-14-5-9-18(10-6-14)22-26-24(32-28-22)21-16(3)30(29-27-21)13-20-17(4)31-23(25-20)19-11-7-15(2)8-12-19/h5-12H,13H2,1-4H3. The first-order valence-corrected chi connectivity index (χ1v) is 10.3. The van der Waals surface area contributed by atoms with E-state index in [1.54, 1.807) is 4.68 Å². The molecule has 0 radical (unpaired) electrons. The molecule has 0 atom stereocenters. The summed E-state index contributed by atoms with van der Waals surface area (Å²) in [7, 11) is 0. The highest BCUT2D eigenvalue weighted by Crippen LogP contribution is 2.25. The summed E-state index contributed by atoms with van der Waals surface area (Å²) in [6, 6.07) is 16.0. The van der Waals surface area contributed by atoms with Gasteiger partial charge in [0.1, 0.15) is 11.5 Å². The van der Waals surface area contributed by atoms with Crippen LogP contribution in [0.4, 0.5) is 0 Å². The van der Waals surface area contributed by atoms with Crippen LogP contribution in [-0.2, 0) is 6.54 Å². The number of hydrogen-bond acceptors (Lipinski definition) is 7. The third-order valence-electron chi connectivity index (χ3n) is 5.41. The Kier molecular flexibility index (Phi) is 4.89. The lowest BCUT2D eigenvalue weighted by Gasteiger charge is -2.00. The molecule has 0 aliphatic heterocycles. The highest BCUT2D eigenvalue weighted by Gasteiger charge is 2.20. The Morgan fingerprint density at radius 2 is 1.44 bits per heavy atom. The van der Waals surface area contributed by atoms with Crippen molar-refractivity contribution in [1.29, 1.82) is 0 Å². The molecule has 0 N–H and O–H groups in total. The van der Waals surface area contributed by atoms with Gasteiger partial charge in [0.25, 0.3) is 5.89 Å². The minimum atomic E-state index is 0.335. The minimum Gasteiger partial charge on any atom is -0.441 e. The fourth-order valence-corrected chi connectivity index (χ4v) is 3.38. The van der Waals surface area contributed by atoms with E-state index in [-0.39, 0.29) is 0 Å². The van der Waals surface area contributed by atoms with Crippen molar-refractivity contribution in [3.05, 3.63) is 76.8 Å². The second-order valence-corrected chi connectivity index (χ2v) is 7.86. The molecule has 3 aromatic heterocycles. The van der Waals surface area contributed by atoms with E-state index in [9.17, 15) is 0 Å². The first kappa shape index (κ1) is 19.9. The van der Waals surface area contributed by atoms with Gasteiger partial charge in [0.05, 0.1) is 12.2 Å². The van der Waals surface area contributed by atoms with Crippen LogP contribution in [0.2, 0.25) is 0 Å². The maximum atomic E-state index is 5.89. The van der Waals surface area contributed by atoms with Crippen molar-refractivity contribution < 1.29 is 8.94 Å². The van der Waals surface area contributed by atoms with Gasteiger partial charge in [-0.05, 0) is 39.8 Å². The Balaban J connectivity index is 1.39. The van der Waals surface area contributed by atoms with Gasteiger partial charge < -0.3 is 8.94 Å². The van der Waals surface area contributed by atoms with Gasteiger partial charge in [0, 0.05) is 11.1 Å². The quantitative estimate of drug-likeness (QED) is 0.393. The summed E-state index contributed by atoms with van der Waals surface area (Å²) in [4.78, 5) is 9.17. The van der Waals surface area contributed by atoms with Crippen LogP contribution in [0.3, 0.4) is 0 Å². The lowest BCUT2D eigenvalue weighted by Crippen LogP contribution is -2.05. The van der Waals surface area contributed by atoms with E-state index >= 15 is 0 Å². The van der Waals surface area contributed by atoms with Crippen LogP contribution in [0.15, 0.2) is 57.5 Å². The lowest BCUT2D eigenvalue weighted by molar-refractivity contribution is 0.430. The normalized spacial score (nSPS) is 11.2. The number of aromatic nitrogens is 6. The van der Waals surface area contributed by atoms with Gasteiger partial charge in [-0.25, -0.2) is 9.67 Å². The average molecular weight is 426 g/mol. The predicted octanol–water partition coefficient (Wildman–Crippen LogP) is 4.93. The van der Waals surface area contributed by atoms with Gasteiger partial charge in [-0.1, -0.05) is 57.9 Å². The molecule has 8 heteroatoms. The first-order valence-electron chi connectivity index (χ1n) is 10.3. The third kappa shape index (κ3) is 3.71. The summed E-state index contributed by atoms with van der Waals surface area (Å²) in [6.45, 7) is 8.33. The Morgan fingerprint density at radius 3 is 2.12 bits per heavy atom. The van der Waals surface area contributed by atoms with Crippen LogP contribution in [-0.4, -0.2) is 30.1 Å². The summed E-state index contributed by atoms with van der Waals surface area (Å²) in [5.74, 6) is 2.19. The fourth-order valence-electron chi connectivity index (χ4n) is 3.38. The first-order chi connectivity index (χ1) is 15.5. The van der Waals surface area contributed by atoms with Crippen LogP contribution >= 0.6 is 0 Å². The zero-order valence-corrected chi connectivity index (χ0v) is 18.3. The van der Waals surface area contributed by atoms with E-state index in [2.05, 4.69) is 25.4 Å². The minimum absolute atomic E-state index is 0.335. The highest BCUT2D eigenvalue weighted by atomic mass is 16.5. The summed E-state index contributed by atoms with van der Waals surface area (Å²) in [5.41, 5.74) is 6.35. The number of rotatable bonds is 5. The van der Waals surface area contributed by atoms with E-state index in [0.717, 1.165) is 28.3 Å². The fraction of sp³-hybridized carbons (Fsp3) is 0.208. The molecular formula is C24H22N6O2. The molecule has 0 fully saturated rings. The molecular weight excluding hydrogens is 404 g/mol. The van der Waals surface area contributed by atoms with E-state index in [4.69, 9.17) is 8.94 Å². The molecule has 3 heterocycles. The smallest absolute Gasteiger partial charge is 0.280 e. The summed E-state index contributed by atoms with van der Waals surface area (Å²) >= 11 is 0. The van der Waals surface area contributed by atoms with Gasteiger partial charge in [-0.15, -0.1) is 5.10 Å². The molecule has 0 aliphatic carbocycles. The number of hydrogen-bond donors (Lipinski definition) is 0. The Bertz CT molecular complexity index is 1380. The van der Waals surface area contributed by atoms with Crippen molar-refractivity contribution in [1.82, 2.24) is 30.1 Å². The van der Waals surface area contributed by atoms with Crippen LogP contribution in [0.5, 0.6) is 0 Å². The molecule has 5 rings (SSSR count). The average Bonchev–Trinajstić information content (AvgIpc) is 3.50.